The lowest BCUT2D eigenvalue weighted by Crippen LogP contribution is -2.25. The van der Waals surface area contributed by atoms with E-state index in [2.05, 4.69) is 4.98 Å². The zero-order valence-electron chi connectivity index (χ0n) is 8.36. The Morgan fingerprint density at radius 3 is 2.93 bits per heavy atom. The fourth-order valence-electron chi connectivity index (χ4n) is 1.17. The normalized spacial score (nSPS) is 10.2. The SMILES string of the molecule is COc1ncc(C)c(=O)n1CCCO. The monoisotopic (exact) mass is 198 g/mol. The lowest BCUT2D eigenvalue weighted by Gasteiger charge is -2.09. The van der Waals surface area contributed by atoms with Crippen molar-refractivity contribution >= 4 is 0 Å². The first-order valence-electron chi connectivity index (χ1n) is 4.42. The summed E-state index contributed by atoms with van der Waals surface area (Å²) in [5, 5.41) is 8.67. The molecule has 0 saturated carbocycles. The van der Waals surface area contributed by atoms with Gasteiger partial charge in [-0.15, -0.1) is 0 Å². The van der Waals surface area contributed by atoms with Crippen molar-refractivity contribution in [3.8, 4) is 6.01 Å². The molecule has 1 aromatic rings. The van der Waals surface area contributed by atoms with Gasteiger partial charge in [-0.05, 0) is 13.3 Å². The minimum absolute atomic E-state index is 0.0452. The van der Waals surface area contributed by atoms with Gasteiger partial charge in [0.15, 0.2) is 0 Å². The third-order valence-electron chi connectivity index (χ3n) is 1.90. The van der Waals surface area contributed by atoms with Crippen LogP contribution in [-0.2, 0) is 6.54 Å². The summed E-state index contributed by atoms with van der Waals surface area (Å²) in [5.41, 5.74) is 0.453. The first kappa shape index (κ1) is 10.7. The molecule has 78 valence electrons. The molecule has 1 N–H and O–H groups in total. The summed E-state index contributed by atoms with van der Waals surface area (Å²) in [6, 6.07) is 0.286. The average Bonchev–Trinajstić information content (AvgIpc) is 2.20. The van der Waals surface area contributed by atoms with Crippen LogP contribution in [0.4, 0.5) is 0 Å². The van der Waals surface area contributed by atoms with Gasteiger partial charge in [0.2, 0.25) is 0 Å². The van der Waals surface area contributed by atoms with Crippen LogP contribution in [0.3, 0.4) is 0 Å². The van der Waals surface area contributed by atoms with Crippen LogP contribution in [0, 0.1) is 6.92 Å². The molecule has 14 heavy (non-hydrogen) atoms. The fraction of sp³-hybridized carbons (Fsp3) is 0.556. The van der Waals surface area contributed by atoms with E-state index in [-0.39, 0.29) is 18.2 Å². The number of aromatic nitrogens is 2. The summed E-state index contributed by atoms with van der Waals surface area (Å²) in [6.07, 6.45) is 2.00. The summed E-state index contributed by atoms with van der Waals surface area (Å²) >= 11 is 0. The highest BCUT2D eigenvalue weighted by atomic mass is 16.5. The van der Waals surface area contributed by atoms with Crippen molar-refractivity contribution < 1.29 is 9.84 Å². The Morgan fingerprint density at radius 1 is 1.64 bits per heavy atom. The maximum atomic E-state index is 11.6. The maximum Gasteiger partial charge on any atom is 0.298 e. The van der Waals surface area contributed by atoms with E-state index in [1.807, 2.05) is 0 Å². The second-order valence-corrected chi connectivity index (χ2v) is 2.96. The number of ether oxygens (including phenoxy) is 1. The van der Waals surface area contributed by atoms with E-state index in [1.165, 1.54) is 17.9 Å². The average molecular weight is 198 g/mol. The van der Waals surface area contributed by atoms with Crippen LogP contribution in [-0.4, -0.2) is 28.4 Å². The lowest BCUT2D eigenvalue weighted by molar-refractivity contribution is 0.270. The Balaban J connectivity index is 3.08. The zero-order chi connectivity index (χ0) is 10.6. The number of hydrogen-bond acceptors (Lipinski definition) is 4. The second-order valence-electron chi connectivity index (χ2n) is 2.96. The number of rotatable bonds is 4. The van der Waals surface area contributed by atoms with E-state index in [4.69, 9.17) is 9.84 Å². The van der Waals surface area contributed by atoms with Crippen molar-refractivity contribution in [2.45, 2.75) is 19.9 Å². The highest BCUT2D eigenvalue weighted by molar-refractivity contribution is 5.08. The van der Waals surface area contributed by atoms with Crippen LogP contribution in [0.1, 0.15) is 12.0 Å². The Morgan fingerprint density at radius 2 is 2.36 bits per heavy atom. The number of methoxy groups -OCH3 is 1. The Kier molecular flexibility index (Phi) is 3.64. The molecule has 0 bridgehead atoms. The molecule has 1 aromatic heterocycles. The molecule has 1 heterocycles. The van der Waals surface area contributed by atoms with Gasteiger partial charge >= 0.3 is 0 Å². The minimum atomic E-state index is -0.120. The van der Waals surface area contributed by atoms with E-state index in [1.54, 1.807) is 6.92 Å². The van der Waals surface area contributed by atoms with Gasteiger partial charge in [-0.2, -0.15) is 0 Å². The van der Waals surface area contributed by atoms with Gasteiger partial charge < -0.3 is 9.84 Å². The van der Waals surface area contributed by atoms with Gasteiger partial charge in [0.05, 0.1) is 7.11 Å². The Bertz CT molecular complexity index is 360. The van der Waals surface area contributed by atoms with Gasteiger partial charge in [-0.3, -0.25) is 9.36 Å². The van der Waals surface area contributed by atoms with Crippen LogP contribution in [0.2, 0.25) is 0 Å². The molecule has 0 spiro atoms. The van der Waals surface area contributed by atoms with E-state index in [0.717, 1.165) is 0 Å². The van der Waals surface area contributed by atoms with Gasteiger partial charge in [0.1, 0.15) is 0 Å². The molecule has 0 atom stereocenters. The Hall–Kier alpha value is -1.36. The van der Waals surface area contributed by atoms with Crippen molar-refractivity contribution in [1.82, 2.24) is 9.55 Å². The molecule has 0 aromatic carbocycles. The molecule has 1 rings (SSSR count). The number of aryl methyl sites for hydroxylation is 1. The fourth-order valence-corrected chi connectivity index (χ4v) is 1.17. The predicted octanol–water partition coefficient (Wildman–Crippen LogP) is -0.0573. The van der Waals surface area contributed by atoms with E-state index < -0.39 is 0 Å². The second kappa shape index (κ2) is 4.76. The molecule has 0 aliphatic heterocycles. The zero-order valence-corrected chi connectivity index (χ0v) is 8.36. The first-order chi connectivity index (χ1) is 6.70. The molecule has 0 saturated heterocycles. The van der Waals surface area contributed by atoms with E-state index >= 15 is 0 Å². The quantitative estimate of drug-likeness (QED) is 0.736. The minimum Gasteiger partial charge on any atom is -0.468 e. The van der Waals surface area contributed by atoms with Crippen molar-refractivity contribution in [3.63, 3.8) is 0 Å². The molecule has 5 nitrogen and oxygen atoms in total. The summed E-state index contributed by atoms with van der Waals surface area (Å²) in [5.74, 6) is 0. The smallest absolute Gasteiger partial charge is 0.298 e. The number of aliphatic hydroxyl groups is 1. The van der Waals surface area contributed by atoms with E-state index in [9.17, 15) is 4.79 Å². The van der Waals surface area contributed by atoms with Gasteiger partial charge in [-0.25, -0.2) is 4.98 Å². The molecule has 5 heteroatoms. The number of aliphatic hydroxyl groups excluding tert-OH is 1. The first-order valence-corrected chi connectivity index (χ1v) is 4.42. The molecule has 0 unspecified atom stereocenters. The maximum absolute atomic E-state index is 11.6. The third kappa shape index (κ3) is 2.11. The molecular formula is C9H14N2O3. The number of nitrogens with zero attached hydrogens (tertiary/aromatic N) is 2. The van der Waals surface area contributed by atoms with Gasteiger partial charge in [-0.1, -0.05) is 0 Å². The lowest BCUT2D eigenvalue weighted by atomic mass is 10.3. The van der Waals surface area contributed by atoms with Crippen molar-refractivity contribution in [2.75, 3.05) is 13.7 Å². The summed E-state index contributed by atoms with van der Waals surface area (Å²) in [6.45, 7) is 2.17. The molecule has 0 radical (unpaired) electrons. The van der Waals surface area contributed by atoms with Crippen LogP contribution >= 0.6 is 0 Å². The van der Waals surface area contributed by atoms with Crippen LogP contribution < -0.4 is 10.3 Å². The van der Waals surface area contributed by atoms with Crippen molar-refractivity contribution in [1.29, 1.82) is 0 Å². The molecule has 0 aliphatic rings. The van der Waals surface area contributed by atoms with Crippen LogP contribution in [0.25, 0.3) is 0 Å². The highest BCUT2D eigenvalue weighted by Crippen LogP contribution is 2.03. The largest absolute Gasteiger partial charge is 0.468 e. The van der Waals surface area contributed by atoms with E-state index in [0.29, 0.717) is 18.5 Å². The van der Waals surface area contributed by atoms with Crippen molar-refractivity contribution in [2.24, 2.45) is 0 Å². The van der Waals surface area contributed by atoms with Crippen LogP contribution in [0.5, 0.6) is 6.01 Å². The van der Waals surface area contributed by atoms with Gasteiger partial charge in [0.25, 0.3) is 11.6 Å². The molecule has 0 fully saturated rings. The van der Waals surface area contributed by atoms with Crippen molar-refractivity contribution in [3.05, 3.63) is 22.1 Å². The summed E-state index contributed by atoms with van der Waals surface area (Å²) in [7, 11) is 1.46. The Labute approximate surface area is 82.0 Å². The van der Waals surface area contributed by atoms with Gasteiger partial charge in [0, 0.05) is 24.9 Å². The summed E-state index contributed by atoms with van der Waals surface area (Å²) < 4.78 is 6.37. The standard InChI is InChI=1S/C9H14N2O3/c1-7-6-10-9(14-2)11(8(7)13)4-3-5-12/h6,12H,3-5H2,1-2H3. The summed E-state index contributed by atoms with van der Waals surface area (Å²) in [4.78, 5) is 15.6. The molecular weight excluding hydrogens is 184 g/mol. The highest BCUT2D eigenvalue weighted by Gasteiger charge is 2.06. The van der Waals surface area contributed by atoms with Crippen LogP contribution in [0.15, 0.2) is 11.0 Å². The topological polar surface area (TPSA) is 64.3 Å². The third-order valence-corrected chi connectivity index (χ3v) is 1.90. The molecule has 0 aliphatic carbocycles. The molecule has 0 amide bonds. The number of hydrogen-bond donors (Lipinski definition) is 1. The predicted molar refractivity (Wildman–Crippen MR) is 51.5 cm³/mol.